The number of nitrogens with one attached hydrogen (secondary N) is 1. The standard InChI is InChI=1S/C25H29N5O3/c1-16(13-21-17(2)27-28(4)18(21)3)26-25(33)20-9-10-23(31)29(14-20)15-24(32)30-12-11-19-7-5-6-8-22(19)30/h5-10,14,16H,11-13,15H2,1-4H3,(H,26,33)/t16-/m0/s1. The summed E-state index contributed by atoms with van der Waals surface area (Å²) in [7, 11) is 1.90. The number of aryl methyl sites for hydroxylation is 2. The summed E-state index contributed by atoms with van der Waals surface area (Å²) < 4.78 is 3.14. The first-order valence-electron chi connectivity index (χ1n) is 11.1. The predicted octanol–water partition coefficient (Wildman–Crippen LogP) is 2.15. The van der Waals surface area contributed by atoms with Gasteiger partial charge in [-0.25, -0.2) is 0 Å². The number of anilines is 1. The molecule has 0 saturated carbocycles. The van der Waals surface area contributed by atoms with Gasteiger partial charge in [-0.15, -0.1) is 0 Å². The maximum atomic E-state index is 12.9. The normalized spacial score (nSPS) is 13.6. The number of nitrogens with zero attached hydrogens (tertiary/aromatic N) is 4. The fraction of sp³-hybridized carbons (Fsp3) is 0.360. The van der Waals surface area contributed by atoms with Gasteiger partial charge in [0.05, 0.1) is 11.3 Å². The number of fused-ring (bicyclic) bond motifs is 1. The summed E-state index contributed by atoms with van der Waals surface area (Å²) >= 11 is 0. The maximum absolute atomic E-state index is 12.9. The van der Waals surface area contributed by atoms with E-state index < -0.39 is 0 Å². The summed E-state index contributed by atoms with van der Waals surface area (Å²) in [5, 5.41) is 7.42. The molecule has 2 aromatic heterocycles. The van der Waals surface area contributed by atoms with Crippen molar-refractivity contribution in [2.75, 3.05) is 11.4 Å². The third-order valence-electron chi connectivity index (χ3n) is 6.29. The van der Waals surface area contributed by atoms with Crippen LogP contribution >= 0.6 is 0 Å². The van der Waals surface area contributed by atoms with Crippen molar-refractivity contribution >= 4 is 17.5 Å². The SMILES string of the molecule is Cc1nn(C)c(C)c1C[C@H](C)NC(=O)c1ccc(=O)n(CC(=O)N2CCc3ccccc32)c1. The first kappa shape index (κ1) is 22.5. The van der Waals surface area contributed by atoms with Gasteiger partial charge in [-0.3, -0.25) is 19.1 Å². The molecule has 3 aromatic rings. The molecule has 1 aromatic carbocycles. The van der Waals surface area contributed by atoms with E-state index in [0.717, 1.165) is 34.6 Å². The van der Waals surface area contributed by atoms with Crippen LogP contribution in [-0.4, -0.2) is 38.7 Å². The Hall–Kier alpha value is -3.68. The maximum Gasteiger partial charge on any atom is 0.252 e. The third-order valence-corrected chi connectivity index (χ3v) is 6.29. The van der Waals surface area contributed by atoms with E-state index in [1.165, 1.54) is 22.9 Å². The summed E-state index contributed by atoms with van der Waals surface area (Å²) in [5.41, 5.74) is 5.18. The summed E-state index contributed by atoms with van der Waals surface area (Å²) in [5.74, 6) is -0.454. The predicted molar refractivity (Wildman–Crippen MR) is 127 cm³/mol. The van der Waals surface area contributed by atoms with E-state index in [1.807, 2.05) is 56.8 Å². The number of aromatic nitrogens is 3. The number of para-hydroxylation sites is 1. The minimum absolute atomic E-state index is 0.113. The second-order valence-electron chi connectivity index (χ2n) is 8.66. The zero-order chi connectivity index (χ0) is 23.7. The average Bonchev–Trinajstić information content (AvgIpc) is 3.31. The fourth-order valence-electron chi connectivity index (χ4n) is 4.39. The van der Waals surface area contributed by atoms with Crippen LogP contribution in [0.4, 0.5) is 5.69 Å². The van der Waals surface area contributed by atoms with E-state index in [4.69, 9.17) is 0 Å². The summed E-state index contributed by atoms with van der Waals surface area (Å²) in [6.45, 7) is 6.39. The Labute approximate surface area is 192 Å². The Kier molecular flexibility index (Phi) is 6.18. The smallest absolute Gasteiger partial charge is 0.252 e. The highest BCUT2D eigenvalue weighted by molar-refractivity contribution is 5.96. The molecule has 1 atom stereocenters. The van der Waals surface area contributed by atoms with Crippen LogP contribution in [0.15, 0.2) is 47.4 Å². The second-order valence-corrected chi connectivity index (χ2v) is 8.66. The zero-order valence-corrected chi connectivity index (χ0v) is 19.5. The fourth-order valence-corrected chi connectivity index (χ4v) is 4.39. The number of amides is 2. The monoisotopic (exact) mass is 447 g/mol. The highest BCUT2D eigenvalue weighted by Gasteiger charge is 2.24. The molecular formula is C25H29N5O3. The Bertz CT molecular complexity index is 1270. The quantitative estimate of drug-likeness (QED) is 0.627. The van der Waals surface area contributed by atoms with Gasteiger partial charge in [0.15, 0.2) is 0 Å². The molecule has 0 bridgehead atoms. The topological polar surface area (TPSA) is 89.2 Å². The second kappa shape index (κ2) is 9.05. The molecule has 0 radical (unpaired) electrons. The van der Waals surface area contributed by atoms with Crippen LogP contribution in [0, 0.1) is 13.8 Å². The van der Waals surface area contributed by atoms with Crippen molar-refractivity contribution in [2.45, 2.75) is 46.2 Å². The third kappa shape index (κ3) is 4.60. The molecule has 8 heteroatoms. The van der Waals surface area contributed by atoms with Crippen molar-refractivity contribution in [1.82, 2.24) is 19.7 Å². The first-order valence-corrected chi connectivity index (χ1v) is 11.1. The van der Waals surface area contributed by atoms with E-state index >= 15 is 0 Å². The van der Waals surface area contributed by atoms with Gasteiger partial charge < -0.3 is 14.8 Å². The van der Waals surface area contributed by atoms with Gasteiger partial charge in [0.25, 0.3) is 11.5 Å². The summed E-state index contributed by atoms with van der Waals surface area (Å²) in [6, 6.07) is 10.5. The van der Waals surface area contributed by atoms with Crippen LogP contribution in [-0.2, 0) is 31.2 Å². The van der Waals surface area contributed by atoms with Crippen molar-refractivity contribution in [3.63, 3.8) is 0 Å². The number of carbonyl (C=O) groups excluding carboxylic acids is 2. The molecule has 3 heterocycles. The van der Waals surface area contributed by atoms with Gasteiger partial charge in [0.1, 0.15) is 6.54 Å². The molecule has 4 rings (SSSR count). The van der Waals surface area contributed by atoms with Gasteiger partial charge in [0, 0.05) is 43.3 Å². The molecule has 0 aliphatic carbocycles. The van der Waals surface area contributed by atoms with Crippen molar-refractivity contribution < 1.29 is 9.59 Å². The first-order chi connectivity index (χ1) is 15.7. The molecule has 0 unspecified atom stereocenters. The lowest BCUT2D eigenvalue weighted by Crippen LogP contribution is -2.37. The van der Waals surface area contributed by atoms with Crippen LogP contribution < -0.4 is 15.8 Å². The molecule has 1 aliphatic heterocycles. The van der Waals surface area contributed by atoms with E-state index in [9.17, 15) is 14.4 Å². The Balaban J connectivity index is 1.45. The molecule has 1 aliphatic rings. The highest BCUT2D eigenvalue weighted by atomic mass is 16.2. The average molecular weight is 448 g/mol. The van der Waals surface area contributed by atoms with Crippen LogP contribution in [0.3, 0.4) is 0 Å². The number of hydrogen-bond acceptors (Lipinski definition) is 4. The molecule has 0 fully saturated rings. The molecule has 0 saturated heterocycles. The lowest BCUT2D eigenvalue weighted by atomic mass is 10.0. The van der Waals surface area contributed by atoms with E-state index in [1.54, 1.807) is 4.90 Å². The van der Waals surface area contributed by atoms with Crippen molar-refractivity contribution in [3.05, 3.63) is 81.0 Å². The van der Waals surface area contributed by atoms with Crippen molar-refractivity contribution in [3.8, 4) is 0 Å². The van der Waals surface area contributed by atoms with Crippen molar-refractivity contribution in [1.29, 1.82) is 0 Å². The van der Waals surface area contributed by atoms with Gasteiger partial charge >= 0.3 is 0 Å². The molecule has 8 nitrogen and oxygen atoms in total. The van der Waals surface area contributed by atoms with Crippen molar-refractivity contribution in [2.24, 2.45) is 7.05 Å². The minimum Gasteiger partial charge on any atom is -0.349 e. The largest absolute Gasteiger partial charge is 0.349 e. The van der Waals surface area contributed by atoms with Crippen LogP contribution in [0.5, 0.6) is 0 Å². The molecule has 0 spiro atoms. The van der Waals surface area contributed by atoms with Crippen LogP contribution in [0.2, 0.25) is 0 Å². The Morgan fingerprint density at radius 2 is 1.91 bits per heavy atom. The molecule has 1 N–H and O–H groups in total. The number of hydrogen-bond donors (Lipinski definition) is 1. The number of pyridine rings is 1. The number of carbonyl (C=O) groups is 2. The molecule has 172 valence electrons. The lowest BCUT2D eigenvalue weighted by Gasteiger charge is -2.18. The van der Waals surface area contributed by atoms with Crippen LogP contribution in [0.25, 0.3) is 0 Å². The Morgan fingerprint density at radius 3 is 2.64 bits per heavy atom. The summed E-state index contributed by atoms with van der Waals surface area (Å²) in [4.78, 5) is 39.8. The number of rotatable bonds is 6. The van der Waals surface area contributed by atoms with Gasteiger partial charge in [0.2, 0.25) is 5.91 Å². The molecular weight excluding hydrogens is 418 g/mol. The lowest BCUT2D eigenvalue weighted by molar-refractivity contribution is -0.119. The zero-order valence-electron chi connectivity index (χ0n) is 19.5. The van der Waals surface area contributed by atoms with E-state index in [2.05, 4.69) is 10.4 Å². The highest BCUT2D eigenvalue weighted by Crippen LogP contribution is 2.27. The Morgan fingerprint density at radius 1 is 1.15 bits per heavy atom. The van der Waals surface area contributed by atoms with E-state index in [-0.39, 0.29) is 30.0 Å². The molecule has 2 amide bonds. The van der Waals surface area contributed by atoms with Gasteiger partial charge in [-0.1, -0.05) is 18.2 Å². The molecule has 33 heavy (non-hydrogen) atoms. The van der Waals surface area contributed by atoms with Crippen LogP contribution in [0.1, 0.15) is 39.8 Å². The van der Waals surface area contributed by atoms with Gasteiger partial charge in [-0.05, 0) is 56.9 Å². The summed E-state index contributed by atoms with van der Waals surface area (Å²) in [6.07, 6.45) is 2.92. The van der Waals surface area contributed by atoms with E-state index in [0.29, 0.717) is 18.5 Å². The number of benzene rings is 1. The van der Waals surface area contributed by atoms with Gasteiger partial charge in [-0.2, -0.15) is 5.10 Å². The minimum atomic E-state index is -0.318.